The number of hydrogen-bond donors (Lipinski definition) is 1. The van der Waals surface area contributed by atoms with Gasteiger partial charge in [-0.2, -0.15) is 0 Å². The van der Waals surface area contributed by atoms with Gasteiger partial charge in [0.1, 0.15) is 10.6 Å². The zero-order valence-electron chi connectivity index (χ0n) is 11.0. The molecule has 1 saturated carbocycles. The zero-order valence-corrected chi connectivity index (χ0v) is 13.4. The Balaban J connectivity index is 2.18. The van der Waals surface area contributed by atoms with Gasteiger partial charge in [-0.3, -0.25) is 0 Å². The van der Waals surface area contributed by atoms with Crippen molar-refractivity contribution in [3.63, 3.8) is 0 Å². The molecule has 4 nitrogen and oxygen atoms in total. The third-order valence-corrected chi connectivity index (χ3v) is 5.31. The average molecular weight is 348 g/mol. The van der Waals surface area contributed by atoms with Crippen molar-refractivity contribution in [3.8, 4) is 5.75 Å². The number of benzene rings is 1. The molecule has 0 amide bonds. The van der Waals surface area contributed by atoms with E-state index in [1.807, 2.05) is 0 Å². The summed E-state index contributed by atoms with van der Waals surface area (Å²) in [5, 5.41) is 0. The predicted molar refractivity (Wildman–Crippen MR) is 77.8 cm³/mol. The Morgan fingerprint density at radius 1 is 1.47 bits per heavy atom. The summed E-state index contributed by atoms with van der Waals surface area (Å²) in [7, 11) is -2.05. The Kier molecular flexibility index (Phi) is 4.53. The van der Waals surface area contributed by atoms with Gasteiger partial charge in [0.05, 0.1) is 7.11 Å². The zero-order chi connectivity index (χ0) is 14.0. The van der Waals surface area contributed by atoms with E-state index in [9.17, 15) is 8.42 Å². The molecule has 1 N–H and O–H groups in total. The summed E-state index contributed by atoms with van der Waals surface area (Å²) in [5.74, 6) is 0.848. The van der Waals surface area contributed by atoms with Crippen molar-refractivity contribution < 1.29 is 13.2 Å². The monoisotopic (exact) mass is 347 g/mol. The molecule has 106 valence electrons. The molecule has 1 aromatic carbocycles. The molecular weight excluding hydrogens is 330 g/mol. The number of sulfonamides is 1. The summed E-state index contributed by atoms with van der Waals surface area (Å²) < 4.78 is 33.3. The fraction of sp³-hybridized carbons (Fsp3) is 0.538. The molecule has 0 aliphatic heterocycles. The van der Waals surface area contributed by atoms with Crippen LogP contribution in [0.15, 0.2) is 27.6 Å². The fourth-order valence-corrected chi connectivity index (χ4v) is 4.23. The highest BCUT2D eigenvalue weighted by Crippen LogP contribution is 2.36. The van der Waals surface area contributed by atoms with Gasteiger partial charge in [-0.1, -0.05) is 29.3 Å². The van der Waals surface area contributed by atoms with Crippen molar-refractivity contribution in [2.24, 2.45) is 5.92 Å². The Morgan fingerprint density at radius 3 is 2.84 bits per heavy atom. The number of halogens is 1. The first-order valence-electron chi connectivity index (χ1n) is 6.33. The minimum atomic E-state index is -3.52. The first-order chi connectivity index (χ1) is 8.97. The van der Waals surface area contributed by atoms with Crippen LogP contribution in [-0.4, -0.2) is 21.6 Å². The van der Waals surface area contributed by atoms with E-state index in [2.05, 4.69) is 27.6 Å². The lowest BCUT2D eigenvalue weighted by molar-refractivity contribution is 0.402. The molecule has 1 aliphatic rings. The van der Waals surface area contributed by atoms with Crippen LogP contribution in [0.5, 0.6) is 5.75 Å². The van der Waals surface area contributed by atoms with Gasteiger partial charge in [-0.25, -0.2) is 13.1 Å². The molecule has 6 heteroatoms. The van der Waals surface area contributed by atoms with Gasteiger partial charge in [0.2, 0.25) is 10.0 Å². The van der Waals surface area contributed by atoms with Crippen molar-refractivity contribution in [2.45, 2.75) is 37.1 Å². The van der Waals surface area contributed by atoms with Crippen molar-refractivity contribution in [1.82, 2.24) is 4.72 Å². The molecule has 19 heavy (non-hydrogen) atoms. The molecule has 0 bridgehead atoms. The Labute approximate surface area is 122 Å². The molecule has 2 rings (SSSR count). The van der Waals surface area contributed by atoms with Crippen LogP contribution in [0, 0.1) is 5.92 Å². The Morgan fingerprint density at radius 2 is 2.21 bits per heavy atom. The largest absolute Gasteiger partial charge is 0.495 e. The lowest BCUT2D eigenvalue weighted by atomic mass is 10.2. The van der Waals surface area contributed by atoms with Crippen LogP contribution in [0.1, 0.15) is 26.2 Å². The Hall–Kier alpha value is -0.590. The lowest BCUT2D eigenvalue weighted by Crippen LogP contribution is -2.27. The first kappa shape index (κ1) is 14.8. The van der Waals surface area contributed by atoms with E-state index in [0.717, 1.165) is 23.7 Å². The summed E-state index contributed by atoms with van der Waals surface area (Å²) in [6, 6.07) is 5.05. The molecule has 0 aromatic heterocycles. The van der Waals surface area contributed by atoms with E-state index >= 15 is 0 Å². The number of rotatable bonds is 6. The number of hydrogen-bond acceptors (Lipinski definition) is 3. The molecule has 0 saturated heterocycles. The highest BCUT2D eigenvalue weighted by molar-refractivity contribution is 9.10. The third-order valence-electron chi connectivity index (χ3n) is 3.30. The van der Waals surface area contributed by atoms with Crippen LogP contribution in [-0.2, 0) is 10.0 Å². The van der Waals surface area contributed by atoms with Crippen LogP contribution < -0.4 is 9.46 Å². The summed E-state index contributed by atoms with van der Waals surface area (Å²) in [5.41, 5.74) is 0. The average Bonchev–Trinajstić information content (AvgIpc) is 3.07. The van der Waals surface area contributed by atoms with Crippen molar-refractivity contribution in [3.05, 3.63) is 22.7 Å². The fourth-order valence-electron chi connectivity index (χ4n) is 2.21. The van der Waals surface area contributed by atoms with E-state index < -0.39 is 10.0 Å². The van der Waals surface area contributed by atoms with Crippen LogP contribution >= 0.6 is 15.9 Å². The molecule has 2 unspecified atom stereocenters. The minimum Gasteiger partial charge on any atom is -0.495 e. The third kappa shape index (κ3) is 3.49. The molecule has 1 aromatic rings. The van der Waals surface area contributed by atoms with Crippen LogP contribution in [0.25, 0.3) is 0 Å². The second kappa shape index (κ2) is 5.81. The van der Waals surface area contributed by atoms with Crippen molar-refractivity contribution >= 4 is 26.0 Å². The smallest absolute Gasteiger partial charge is 0.244 e. The number of methoxy groups -OCH3 is 1. The quantitative estimate of drug-likeness (QED) is 0.860. The first-order valence-corrected chi connectivity index (χ1v) is 8.61. The van der Waals surface area contributed by atoms with Gasteiger partial charge < -0.3 is 4.74 Å². The van der Waals surface area contributed by atoms with Gasteiger partial charge in [0.15, 0.2) is 0 Å². The van der Waals surface area contributed by atoms with E-state index in [1.165, 1.54) is 7.11 Å². The van der Waals surface area contributed by atoms with E-state index in [1.54, 1.807) is 18.2 Å². The number of ether oxygens (including phenoxy) is 1. The minimum absolute atomic E-state index is 0.0774. The van der Waals surface area contributed by atoms with Crippen molar-refractivity contribution in [1.29, 1.82) is 0 Å². The molecule has 1 fully saturated rings. The van der Waals surface area contributed by atoms with Gasteiger partial charge in [-0.05, 0) is 37.0 Å². The normalized spacial score (nSPS) is 22.3. The highest BCUT2D eigenvalue weighted by Gasteiger charge is 2.39. The summed E-state index contributed by atoms with van der Waals surface area (Å²) >= 11 is 3.29. The van der Waals surface area contributed by atoms with Gasteiger partial charge in [0.25, 0.3) is 0 Å². The maximum absolute atomic E-state index is 12.4. The van der Waals surface area contributed by atoms with E-state index in [0.29, 0.717) is 11.7 Å². The molecular formula is C13H18BrNO3S. The second-order valence-corrected chi connectivity index (χ2v) is 7.41. The highest BCUT2D eigenvalue weighted by atomic mass is 79.9. The SMILES string of the molecule is CCCC1CC1NS(=O)(=O)c1cc(Br)ccc1OC. The van der Waals surface area contributed by atoms with Crippen LogP contribution in [0.3, 0.4) is 0 Å². The molecule has 0 heterocycles. The molecule has 0 radical (unpaired) electrons. The topological polar surface area (TPSA) is 55.4 Å². The lowest BCUT2D eigenvalue weighted by Gasteiger charge is -2.11. The van der Waals surface area contributed by atoms with Gasteiger partial charge in [0, 0.05) is 10.5 Å². The van der Waals surface area contributed by atoms with Gasteiger partial charge in [-0.15, -0.1) is 0 Å². The van der Waals surface area contributed by atoms with Crippen LogP contribution in [0.2, 0.25) is 0 Å². The Bertz CT molecular complexity index is 559. The molecule has 1 aliphatic carbocycles. The second-order valence-electron chi connectivity index (χ2n) is 4.81. The standard InChI is InChI=1S/C13H18BrNO3S/c1-3-4-9-7-11(9)15-19(16,17)13-8-10(14)5-6-12(13)18-2/h5-6,8-9,11,15H,3-4,7H2,1-2H3. The predicted octanol–water partition coefficient (Wildman–Crippen LogP) is 2.92. The van der Waals surface area contributed by atoms with Crippen LogP contribution in [0.4, 0.5) is 0 Å². The molecule has 2 atom stereocenters. The maximum atomic E-state index is 12.4. The summed E-state index contributed by atoms with van der Waals surface area (Å²) in [6.45, 7) is 2.11. The number of nitrogens with one attached hydrogen (secondary N) is 1. The van der Waals surface area contributed by atoms with Gasteiger partial charge >= 0.3 is 0 Å². The van der Waals surface area contributed by atoms with Crippen molar-refractivity contribution in [2.75, 3.05) is 7.11 Å². The molecule has 0 spiro atoms. The van der Waals surface area contributed by atoms with E-state index in [4.69, 9.17) is 4.74 Å². The summed E-state index contributed by atoms with van der Waals surface area (Å²) in [6.07, 6.45) is 3.09. The summed E-state index contributed by atoms with van der Waals surface area (Å²) in [4.78, 5) is 0.187. The van der Waals surface area contributed by atoms with E-state index in [-0.39, 0.29) is 10.9 Å². The maximum Gasteiger partial charge on any atom is 0.244 e.